The highest BCUT2D eigenvalue weighted by atomic mass is 35.5. The van der Waals surface area contributed by atoms with E-state index in [1.165, 1.54) is 0 Å². The van der Waals surface area contributed by atoms with Gasteiger partial charge in [0.1, 0.15) is 4.90 Å². The molecular weight excluding hydrogens is 354 g/mol. The maximum absolute atomic E-state index is 12.5. The summed E-state index contributed by atoms with van der Waals surface area (Å²) < 4.78 is 16.0. The van der Waals surface area contributed by atoms with E-state index in [-0.39, 0.29) is 10.7 Å². The summed E-state index contributed by atoms with van der Waals surface area (Å²) in [5, 5.41) is 3.44. The fourth-order valence-electron chi connectivity index (χ4n) is 1.81. The van der Waals surface area contributed by atoms with Crippen LogP contribution in [0.3, 0.4) is 0 Å². The Morgan fingerprint density at radius 2 is 1.70 bits per heavy atom. The molecule has 7 heteroatoms. The van der Waals surface area contributed by atoms with Crippen LogP contribution in [0.4, 0.5) is 0 Å². The molecule has 1 rings (SSSR count). The Kier molecular flexibility index (Phi) is 6.87. The van der Waals surface area contributed by atoms with Gasteiger partial charge in [-0.3, -0.25) is 13.9 Å². The van der Waals surface area contributed by atoms with Crippen molar-refractivity contribution >= 4 is 39.9 Å². The molecule has 23 heavy (non-hydrogen) atoms. The van der Waals surface area contributed by atoms with Gasteiger partial charge in [0.2, 0.25) is 4.75 Å². The average Bonchev–Trinajstić information content (AvgIpc) is 2.42. The van der Waals surface area contributed by atoms with Crippen LogP contribution in [0.15, 0.2) is 29.2 Å². The molecule has 0 heterocycles. The number of carbonyl (C=O) groups is 1. The van der Waals surface area contributed by atoms with Crippen molar-refractivity contribution in [3.05, 3.63) is 29.3 Å². The van der Waals surface area contributed by atoms with Crippen molar-refractivity contribution in [3.8, 4) is 0 Å². The van der Waals surface area contributed by atoms with Crippen LogP contribution in [0, 0.1) is 0 Å². The molecule has 0 atom stereocenters. The van der Waals surface area contributed by atoms with E-state index in [1.807, 2.05) is 0 Å². The first-order chi connectivity index (χ1) is 10.4. The van der Waals surface area contributed by atoms with Gasteiger partial charge >= 0.3 is 0 Å². The Balaban J connectivity index is 2.75. The Morgan fingerprint density at radius 1 is 1.17 bits per heavy atom. The summed E-state index contributed by atoms with van der Waals surface area (Å²) in [7, 11) is -2.80. The molecule has 0 fully saturated rings. The van der Waals surface area contributed by atoms with E-state index in [0.29, 0.717) is 16.5 Å². The van der Waals surface area contributed by atoms with Gasteiger partial charge in [0.15, 0.2) is 0 Å². The summed E-state index contributed by atoms with van der Waals surface area (Å²) in [5.41, 5.74) is 0. The fourth-order valence-corrected chi connectivity index (χ4v) is 4.23. The van der Waals surface area contributed by atoms with E-state index in [2.05, 4.69) is 26.1 Å². The number of nitrogens with one attached hydrogen (secondary N) is 1. The van der Waals surface area contributed by atoms with Gasteiger partial charge in [-0.1, -0.05) is 32.4 Å². The van der Waals surface area contributed by atoms with E-state index in [9.17, 15) is 4.79 Å². The predicted molar refractivity (Wildman–Crippen MR) is 104 cm³/mol. The van der Waals surface area contributed by atoms with Crippen LogP contribution in [0.25, 0.3) is 0 Å². The van der Waals surface area contributed by atoms with Crippen molar-refractivity contribution in [1.29, 1.82) is 0 Å². The zero-order valence-corrected chi connectivity index (χ0v) is 16.7. The summed E-state index contributed by atoms with van der Waals surface area (Å²) in [5.74, 6) is 0.562. The number of rotatable bonds is 6. The normalized spacial score (nSPS) is 13.7. The molecule has 1 amide bonds. The van der Waals surface area contributed by atoms with E-state index in [0.717, 1.165) is 5.75 Å². The first kappa shape index (κ1) is 20.6. The lowest BCUT2D eigenvalue weighted by atomic mass is 10.2. The van der Waals surface area contributed by atoms with Crippen molar-refractivity contribution in [3.63, 3.8) is 0 Å². The molecule has 0 radical (unpaired) electrons. The summed E-state index contributed by atoms with van der Waals surface area (Å²) in [4.78, 5) is 13.0. The molecule has 5 N–H and O–H groups in total. The third kappa shape index (κ3) is 5.57. The lowest BCUT2D eigenvalue weighted by molar-refractivity contribution is -0.122. The van der Waals surface area contributed by atoms with Gasteiger partial charge in [-0.2, -0.15) is 11.8 Å². The smallest absolute Gasteiger partial charge is 0.255 e. The highest BCUT2D eigenvalue weighted by Gasteiger charge is 2.49. The largest absolute Gasteiger partial charge is 0.353 e. The second-order valence-corrected chi connectivity index (χ2v) is 11.9. The summed E-state index contributed by atoms with van der Waals surface area (Å²) in [6.07, 6.45) is 0. The quantitative estimate of drug-likeness (QED) is 0.606. The molecule has 0 spiro atoms. The molecular formula is C16H28ClNO3S2+2. The summed E-state index contributed by atoms with van der Waals surface area (Å²) >= 11 is 7.64. The zero-order valence-electron chi connectivity index (χ0n) is 14.3. The van der Waals surface area contributed by atoms with Gasteiger partial charge < -0.3 is 5.32 Å². The molecule has 0 saturated carbocycles. The van der Waals surface area contributed by atoms with Crippen molar-refractivity contribution < 1.29 is 13.9 Å². The Labute approximate surface area is 149 Å². The lowest BCUT2D eigenvalue weighted by Gasteiger charge is -2.37. The average molecular weight is 382 g/mol. The number of thioether (sulfide) groups is 1. The first-order valence-corrected chi connectivity index (χ1v) is 10.4. The van der Waals surface area contributed by atoms with E-state index in [4.69, 9.17) is 20.7 Å². The van der Waals surface area contributed by atoms with Crippen LogP contribution in [0.5, 0.6) is 0 Å². The third-order valence-corrected chi connectivity index (χ3v) is 7.62. The second kappa shape index (κ2) is 7.66. The minimum absolute atomic E-state index is 0.156. The van der Waals surface area contributed by atoms with Crippen LogP contribution in [-0.2, 0) is 4.79 Å². The highest BCUT2D eigenvalue weighted by Crippen LogP contribution is 2.58. The topological polar surface area (TPSA) is 74.9 Å². The monoisotopic (exact) mass is 381 g/mol. The molecule has 0 aromatic heterocycles. The minimum atomic E-state index is -2.80. The van der Waals surface area contributed by atoms with E-state index >= 15 is 0 Å². The molecule has 0 aliphatic heterocycles. The zero-order chi connectivity index (χ0) is 17.9. The Hall–Kier alpha value is -0.400. The van der Waals surface area contributed by atoms with Crippen molar-refractivity contribution in [2.24, 2.45) is 0 Å². The Morgan fingerprint density at radius 3 is 2.17 bits per heavy atom. The second-order valence-electron chi connectivity index (χ2n) is 6.79. The number of hydrogen-bond acceptors (Lipinski definition) is 2. The van der Waals surface area contributed by atoms with Crippen LogP contribution in [0.1, 0.15) is 34.6 Å². The van der Waals surface area contributed by atoms with Gasteiger partial charge in [-0.15, -0.1) is 0 Å². The summed E-state index contributed by atoms with van der Waals surface area (Å²) in [6, 6.07) is 6.66. The van der Waals surface area contributed by atoms with Gasteiger partial charge in [0.05, 0.1) is 0 Å². The van der Waals surface area contributed by atoms with Crippen LogP contribution in [-0.4, -0.2) is 36.8 Å². The van der Waals surface area contributed by atoms with Crippen LogP contribution >= 0.6 is 34.0 Å². The van der Waals surface area contributed by atoms with Gasteiger partial charge in [0.25, 0.3) is 5.91 Å². The fraction of sp³-hybridized carbons (Fsp3) is 0.562. The third-order valence-electron chi connectivity index (χ3n) is 3.40. The van der Waals surface area contributed by atoms with Gasteiger partial charge in [-0.25, -0.2) is 0 Å². The van der Waals surface area contributed by atoms with Crippen LogP contribution < -0.4 is 5.32 Å². The molecule has 0 aliphatic rings. The molecule has 0 aliphatic carbocycles. The molecule has 1 aromatic carbocycles. The standard InChI is InChI=1S/C16H26ClNO3S2/c1-15(2,3)22-11-10-18-14(19)16(4,5)23(20,21)13-8-6-12(17)7-9-13/h6-9,20-21H,10-11H2,1-5H3,(H,18,19)/p+2. The van der Waals surface area contributed by atoms with Crippen molar-refractivity contribution in [1.82, 2.24) is 5.32 Å². The molecule has 132 valence electrons. The number of hydrogen-bond donors (Lipinski definition) is 1. The number of benzene rings is 1. The van der Waals surface area contributed by atoms with E-state index in [1.54, 1.807) is 49.9 Å². The minimum Gasteiger partial charge on any atom is -0.353 e. The lowest BCUT2D eigenvalue weighted by Crippen LogP contribution is -2.46. The van der Waals surface area contributed by atoms with E-state index < -0.39 is 15.3 Å². The number of amides is 1. The van der Waals surface area contributed by atoms with Gasteiger partial charge in [0, 0.05) is 32.7 Å². The predicted octanol–water partition coefficient (Wildman–Crippen LogP) is 3.21. The maximum atomic E-state index is 12.5. The molecule has 0 unspecified atom stereocenters. The summed E-state index contributed by atoms with van der Waals surface area (Å²) in [6.45, 7) is 10.3. The SMILES string of the molecule is CC(C)(C)SCCNC(=O)C(C)(C)S([OH2+])([OH2+])c1ccc(Cl)cc1. The van der Waals surface area contributed by atoms with Crippen molar-refractivity contribution in [2.45, 2.75) is 49.0 Å². The first-order valence-electron chi connectivity index (χ1n) is 7.38. The highest BCUT2D eigenvalue weighted by molar-refractivity contribution is 8.26. The molecule has 1 aromatic rings. The molecule has 0 bridgehead atoms. The van der Waals surface area contributed by atoms with Crippen molar-refractivity contribution in [2.75, 3.05) is 12.3 Å². The number of carbonyl (C=O) groups excluding carboxylic acids is 1. The maximum Gasteiger partial charge on any atom is 0.255 e. The van der Waals surface area contributed by atoms with Crippen LogP contribution in [0.2, 0.25) is 5.02 Å². The van der Waals surface area contributed by atoms with Gasteiger partial charge in [-0.05, 0) is 38.1 Å². The molecule has 0 saturated heterocycles. The molecule has 4 nitrogen and oxygen atoms in total. The Bertz CT molecular complexity index is 539. The number of halogens is 1.